The maximum absolute atomic E-state index is 11.8. The summed E-state index contributed by atoms with van der Waals surface area (Å²) in [5.41, 5.74) is 6.73. The lowest BCUT2D eigenvalue weighted by Crippen LogP contribution is -2.43. The second-order valence-electron chi connectivity index (χ2n) is 5.38. The van der Waals surface area contributed by atoms with Gasteiger partial charge >= 0.3 is 0 Å². The smallest absolute Gasteiger partial charge is 0.251 e. The van der Waals surface area contributed by atoms with E-state index in [0.29, 0.717) is 43.1 Å². The zero-order chi connectivity index (χ0) is 15.5. The van der Waals surface area contributed by atoms with Gasteiger partial charge < -0.3 is 26.2 Å². The van der Waals surface area contributed by atoms with Crippen molar-refractivity contribution in [3.63, 3.8) is 0 Å². The van der Waals surface area contributed by atoms with Gasteiger partial charge in [-0.2, -0.15) is 0 Å². The molecule has 0 bridgehead atoms. The van der Waals surface area contributed by atoms with Gasteiger partial charge in [0.05, 0.1) is 17.5 Å². The van der Waals surface area contributed by atoms with Crippen LogP contribution in [0.25, 0.3) is 0 Å². The number of nitrogens with one attached hydrogen (secondary N) is 2. The number of anilines is 2. The number of nitrogens with two attached hydrogens (primary N) is 1. The molecule has 0 spiro atoms. The molecule has 2 atom stereocenters. The molecular formula is C15H23N3O3. The molecule has 6 nitrogen and oxygen atoms in total. The zero-order valence-electron chi connectivity index (χ0n) is 12.5. The first-order valence-corrected chi connectivity index (χ1v) is 7.22. The van der Waals surface area contributed by atoms with E-state index in [1.165, 1.54) is 0 Å². The van der Waals surface area contributed by atoms with Crippen LogP contribution in [0.1, 0.15) is 30.6 Å². The summed E-state index contributed by atoms with van der Waals surface area (Å²) in [6.07, 6.45) is 0.356. The van der Waals surface area contributed by atoms with Crippen LogP contribution in [0.15, 0.2) is 18.2 Å². The Kier molecular flexibility index (Phi) is 4.69. The Morgan fingerprint density at radius 3 is 2.95 bits per heavy atom. The quantitative estimate of drug-likeness (QED) is 0.607. The highest BCUT2D eigenvalue weighted by atomic mass is 16.5. The predicted octanol–water partition coefficient (Wildman–Crippen LogP) is 0.970. The van der Waals surface area contributed by atoms with E-state index in [9.17, 15) is 9.90 Å². The average Bonchev–Trinajstić information content (AvgIpc) is 2.78. The molecule has 1 aliphatic heterocycles. The second kappa shape index (κ2) is 6.32. The number of ether oxygens (including phenoxy) is 1. The fraction of sp³-hybridized carbons (Fsp3) is 0.533. The predicted molar refractivity (Wildman–Crippen MR) is 82.3 cm³/mol. The molecule has 2 rings (SSSR count). The van der Waals surface area contributed by atoms with Crippen molar-refractivity contribution in [2.24, 2.45) is 0 Å². The summed E-state index contributed by atoms with van der Waals surface area (Å²) in [7, 11) is 0. The van der Waals surface area contributed by atoms with Gasteiger partial charge in [-0.15, -0.1) is 0 Å². The number of amides is 1. The highest BCUT2D eigenvalue weighted by Gasteiger charge is 2.39. The lowest BCUT2D eigenvalue weighted by molar-refractivity contribution is -0.0175. The molecule has 116 valence electrons. The van der Waals surface area contributed by atoms with Crippen molar-refractivity contribution in [1.29, 1.82) is 0 Å². The first-order valence-electron chi connectivity index (χ1n) is 7.22. The molecule has 0 aliphatic carbocycles. The molecule has 1 aromatic carbocycles. The van der Waals surface area contributed by atoms with Crippen molar-refractivity contribution in [2.45, 2.75) is 32.0 Å². The topological polar surface area (TPSA) is 96.6 Å². The SMILES string of the molecule is CCNC(=O)c1ccc(N)c(NCC2(O)CCOC2C)c1. The van der Waals surface area contributed by atoms with Crippen LogP contribution in [-0.4, -0.2) is 42.4 Å². The molecule has 1 fully saturated rings. The first-order chi connectivity index (χ1) is 9.96. The van der Waals surface area contributed by atoms with Gasteiger partial charge in [-0.3, -0.25) is 4.79 Å². The van der Waals surface area contributed by atoms with Crippen LogP contribution >= 0.6 is 0 Å². The average molecular weight is 293 g/mol. The minimum absolute atomic E-state index is 0.142. The van der Waals surface area contributed by atoms with Gasteiger partial charge in [0, 0.05) is 31.7 Å². The maximum atomic E-state index is 11.8. The van der Waals surface area contributed by atoms with Gasteiger partial charge in [0.2, 0.25) is 0 Å². The Labute approximate surface area is 124 Å². The van der Waals surface area contributed by atoms with Gasteiger partial charge in [0.15, 0.2) is 0 Å². The molecule has 1 aromatic rings. The molecular weight excluding hydrogens is 270 g/mol. The molecule has 0 radical (unpaired) electrons. The number of hydrogen-bond acceptors (Lipinski definition) is 5. The summed E-state index contributed by atoms with van der Waals surface area (Å²) in [4.78, 5) is 11.8. The van der Waals surface area contributed by atoms with Gasteiger partial charge in [0.1, 0.15) is 5.60 Å². The van der Waals surface area contributed by atoms with Crippen LogP contribution in [-0.2, 0) is 4.74 Å². The van der Waals surface area contributed by atoms with Crippen molar-refractivity contribution in [3.8, 4) is 0 Å². The third-order valence-corrected chi connectivity index (χ3v) is 3.90. The molecule has 0 saturated carbocycles. The molecule has 1 aliphatic rings. The molecule has 0 aromatic heterocycles. The van der Waals surface area contributed by atoms with E-state index in [1.54, 1.807) is 18.2 Å². The maximum Gasteiger partial charge on any atom is 0.251 e. The molecule has 2 unspecified atom stereocenters. The highest BCUT2D eigenvalue weighted by molar-refractivity contribution is 5.96. The normalized spacial score (nSPS) is 24.8. The third-order valence-electron chi connectivity index (χ3n) is 3.90. The molecule has 5 N–H and O–H groups in total. The van der Waals surface area contributed by atoms with Gasteiger partial charge in [-0.1, -0.05) is 0 Å². The van der Waals surface area contributed by atoms with Crippen molar-refractivity contribution >= 4 is 17.3 Å². The van der Waals surface area contributed by atoms with Crippen molar-refractivity contribution in [1.82, 2.24) is 5.32 Å². The monoisotopic (exact) mass is 293 g/mol. The highest BCUT2D eigenvalue weighted by Crippen LogP contribution is 2.27. The van der Waals surface area contributed by atoms with E-state index >= 15 is 0 Å². The van der Waals surface area contributed by atoms with Crippen LogP contribution in [0.2, 0.25) is 0 Å². The summed E-state index contributed by atoms with van der Waals surface area (Å²) < 4.78 is 5.40. The number of carbonyl (C=O) groups is 1. The fourth-order valence-corrected chi connectivity index (χ4v) is 2.36. The van der Waals surface area contributed by atoms with Crippen LogP contribution in [0.4, 0.5) is 11.4 Å². The summed E-state index contributed by atoms with van der Waals surface area (Å²) in [6.45, 7) is 5.17. The Hall–Kier alpha value is -1.79. The van der Waals surface area contributed by atoms with Crippen LogP contribution < -0.4 is 16.4 Å². The standard InChI is InChI=1S/C15H23N3O3/c1-3-17-14(19)11-4-5-12(16)13(8-11)18-9-15(20)6-7-21-10(15)2/h4-5,8,10,18,20H,3,6-7,9,16H2,1-2H3,(H,17,19). The number of hydrogen-bond donors (Lipinski definition) is 4. The molecule has 21 heavy (non-hydrogen) atoms. The lowest BCUT2D eigenvalue weighted by Gasteiger charge is -2.27. The van der Waals surface area contributed by atoms with Crippen LogP contribution in [0.5, 0.6) is 0 Å². The van der Waals surface area contributed by atoms with E-state index in [2.05, 4.69) is 10.6 Å². The largest absolute Gasteiger partial charge is 0.397 e. The number of nitrogen functional groups attached to an aromatic ring is 1. The van der Waals surface area contributed by atoms with Crippen molar-refractivity contribution in [2.75, 3.05) is 30.7 Å². The van der Waals surface area contributed by atoms with Crippen molar-refractivity contribution in [3.05, 3.63) is 23.8 Å². The van der Waals surface area contributed by atoms with Crippen molar-refractivity contribution < 1.29 is 14.6 Å². The first kappa shape index (κ1) is 15.6. The summed E-state index contributed by atoms with van der Waals surface area (Å²) in [5, 5.41) is 16.3. The fourth-order valence-electron chi connectivity index (χ4n) is 2.36. The Balaban J connectivity index is 2.09. The second-order valence-corrected chi connectivity index (χ2v) is 5.38. The van der Waals surface area contributed by atoms with Gasteiger partial charge in [-0.05, 0) is 32.0 Å². The Bertz CT molecular complexity index is 521. The number of aliphatic hydroxyl groups is 1. The Morgan fingerprint density at radius 2 is 2.33 bits per heavy atom. The van der Waals surface area contributed by atoms with E-state index < -0.39 is 5.60 Å². The Morgan fingerprint density at radius 1 is 1.57 bits per heavy atom. The lowest BCUT2D eigenvalue weighted by atomic mass is 9.96. The molecule has 1 heterocycles. The van der Waals surface area contributed by atoms with Crippen LogP contribution in [0, 0.1) is 0 Å². The van der Waals surface area contributed by atoms with E-state index in [1.807, 2.05) is 13.8 Å². The minimum atomic E-state index is -0.909. The van der Waals surface area contributed by atoms with Gasteiger partial charge in [0.25, 0.3) is 5.91 Å². The van der Waals surface area contributed by atoms with E-state index in [0.717, 1.165) is 0 Å². The molecule has 6 heteroatoms. The van der Waals surface area contributed by atoms with Crippen LogP contribution in [0.3, 0.4) is 0 Å². The molecule has 1 saturated heterocycles. The van der Waals surface area contributed by atoms with Gasteiger partial charge in [-0.25, -0.2) is 0 Å². The number of carbonyl (C=O) groups excluding carboxylic acids is 1. The summed E-state index contributed by atoms with van der Waals surface area (Å²) >= 11 is 0. The van der Waals surface area contributed by atoms with E-state index in [4.69, 9.17) is 10.5 Å². The number of rotatable bonds is 5. The minimum Gasteiger partial charge on any atom is -0.397 e. The summed E-state index contributed by atoms with van der Waals surface area (Å²) in [5.74, 6) is -0.142. The summed E-state index contributed by atoms with van der Waals surface area (Å²) in [6, 6.07) is 5.07. The van der Waals surface area contributed by atoms with E-state index in [-0.39, 0.29) is 12.0 Å². The number of benzene rings is 1. The molecule has 1 amide bonds. The third kappa shape index (κ3) is 3.46. The zero-order valence-corrected chi connectivity index (χ0v) is 12.5.